The van der Waals surface area contributed by atoms with E-state index in [2.05, 4.69) is 10.6 Å². The number of nitrogens with one attached hydrogen (secondary N) is 2. The molecule has 0 aromatic carbocycles. The van der Waals surface area contributed by atoms with Gasteiger partial charge in [-0.2, -0.15) is 0 Å². The normalized spacial score (nSPS) is 23.9. The van der Waals surface area contributed by atoms with Crippen LogP contribution in [0.4, 0.5) is 4.79 Å². The largest absolute Gasteiger partial charge is 0.377 e. The standard InChI is InChI=1S/C13H23N3O3/c1-9(2)14-12(17)11-8-19-7-6-16(11)13(18)15-10-4-3-5-10/h9-11H,3-8H2,1-2H3,(H,14,17)(H,15,18). The Morgan fingerprint density at radius 1 is 1.32 bits per heavy atom. The number of amides is 3. The molecule has 1 aliphatic heterocycles. The first kappa shape index (κ1) is 14.1. The first-order valence-electron chi connectivity index (χ1n) is 7.03. The Morgan fingerprint density at radius 2 is 2.05 bits per heavy atom. The van der Waals surface area contributed by atoms with Crippen LogP contribution in [0.15, 0.2) is 0 Å². The summed E-state index contributed by atoms with van der Waals surface area (Å²) in [6, 6.07) is -0.316. The van der Waals surface area contributed by atoms with Crippen molar-refractivity contribution in [2.75, 3.05) is 19.8 Å². The van der Waals surface area contributed by atoms with Gasteiger partial charge >= 0.3 is 6.03 Å². The fourth-order valence-electron chi connectivity index (χ4n) is 2.25. The quantitative estimate of drug-likeness (QED) is 0.782. The maximum absolute atomic E-state index is 12.2. The molecule has 6 heteroatoms. The van der Waals surface area contributed by atoms with E-state index in [0.29, 0.717) is 13.2 Å². The maximum atomic E-state index is 12.2. The van der Waals surface area contributed by atoms with Gasteiger partial charge in [-0.1, -0.05) is 0 Å². The molecule has 1 heterocycles. The number of rotatable bonds is 3. The van der Waals surface area contributed by atoms with Crippen molar-refractivity contribution < 1.29 is 14.3 Å². The van der Waals surface area contributed by atoms with Crippen LogP contribution in [0.3, 0.4) is 0 Å². The van der Waals surface area contributed by atoms with Crippen LogP contribution in [-0.4, -0.2) is 54.7 Å². The Kier molecular flexibility index (Phi) is 4.63. The lowest BCUT2D eigenvalue weighted by Gasteiger charge is -2.37. The van der Waals surface area contributed by atoms with Gasteiger partial charge in [-0.3, -0.25) is 4.79 Å². The van der Waals surface area contributed by atoms with Crippen molar-refractivity contribution in [1.82, 2.24) is 15.5 Å². The molecule has 0 spiro atoms. The summed E-state index contributed by atoms with van der Waals surface area (Å²) in [6.45, 7) is 5.04. The predicted molar refractivity (Wildman–Crippen MR) is 70.8 cm³/mol. The van der Waals surface area contributed by atoms with Crippen LogP contribution in [-0.2, 0) is 9.53 Å². The summed E-state index contributed by atoms with van der Waals surface area (Å²) in [7, 11) is 0. The molecule has 0 radical (unpaired) electrons. The van der Waals surface area contributed by atoms with Gasteiger partial charge in [0.25, 0.3) is 0 Å². The van der Waals surface area contributed by atoms with Crippen LogP contribution in [0.2, 0.25) is 0 Å². The summed E-state index contributed by atoms with van der Waals surface area (Å²) in [6.07, 6.45) is 3.25. The van der Waals surface area contributed by atoms with Crippen molar-refractivity contribution in [2.24, 2.45) is 0 Å². The molecule has 2 N–H and O–H groups in total. The maximum Gasteiger partial charge on any atom is 0.318 e. The Bertz CT molecular complexity index is 342. The van der Waals surface area contributed by atoms with Gasteiger partial charge in [0, 0.05) is 18.6 Å². The molecule has 2 aliphatic rings. The molecule has 108 valence electrons. The highest BCUT2D eigenvalue weighted by molar-refractivity contribution is 5.87. The number of hydrogen-bond donors (Lipinski definition) is 2. The number of urea groups is 1. The van der Waals surface area contributed by atoms with E-state index in [0.717, 1.165) is 12.8 Å². The van der Waals surface area contributed by atoms with Gasteiger partial charge in [0.1, 0.15) is 6.04 Å². The molecule has 1 atom stereocenters. The van der Waals surface area contributed by atoms with Gasteiger partial charge in [0.2, 0.25) is 5.91 Å². The molecule has 1 unspecified atom stereocenters. The van der Waals surface area contributed by atoms with Gasteiger partial charge in [0.05, 0.1) is 13.2 Å². The highest BCUT2D eigenvalue weighted by Crippen LogP contribution is 2.19. The first-order valence-corrected chi connectivity index (χ1v) is 7.03. The number of carbonyl (C=O) groups is 2. The second kappa shape index (κ2) is 6.23. The lowest BCUT2D eigenvalue weighted by Crippen LogP contribution is -2.60. The van der Waals surface area contributed by atoms with Crippen LogP contribution in [0.25, 0.3) is 0 Å². The van der Waals surface area contributed by atoms with Crippen LogP contribution in [0.1, 0.15) is 33.1 Å². The summed E-state index contributed by atoms with van der Waals surface area (Å²) in [5.74, 6) is -0.140. The monoisotopic (exact) mass is 269 g/mol. The molecule has 6 nitrogen and oxygen atoms in total. The van der Waals surface area contributed by atoms with Crippen LogP contribution < -0.4 is 10.6 Å². The topological polar surface area (TPSA) is 70.7 Å². The minimum atomic E-state index is -0.517. The van der Waals surface area contributed by atoms with Crippen LogP contribution in [0, 0.1) is 0 Å². The summed E-state index contributed by atoms with van der Waals surface area (Å²) < 4.78 is 5.33. The minimum absolute atomic E-state index is 0.0611. The molecular formula is C13H23N3O3. The third-order valence-corrected chi connectivity index (χ3v) is 3.56. The zero-order valence-electron chi connectivity index (χ0n) is 11.6. The zero-order valence-corrected chi connectivity index (χ0v) is 11.6. The molecular weight excluding hydrogens is 246 g/mol. The van der Waals surface area contributed by atoms with E-state index in [1.54, 1.807) is 4.90 Å². The van der Waals surface area contributed by atoms with E-state index in [4.69, 9.17) is 4.74 Å². The van der Waals surface area contributed by atoms with Crippen molar-refractivity contribution in [3.8, 4) is 0 Å². The SMILES string of the molecule is CC(C)NC(=O)C1COCCN1C(=O)NC1CCC1. The lowest BCUT2D eigenvalue weighted by atomic mass is 9.93. The minimum Gasteiger partial charge on any atom is -0.377 e. The molecule has 0 aromatic heterocycles. The molecule has 0 aromatic rings. The molecule has 1 aliphatic carbocycles. The van der Waals surface area contributed by atoms with Gasteiger partial charge in [-0.05, 0) is 33.1 Å². The average molecular weight is 269 g/mol. The van der Waals surface area contributed by atoms with Gasteiger partial charge in [-0.25, -0.2) is 4.79 Å². The second-order valence-electron chi connectivity index (χ2n) is 5.52. The van der Waals surface area contributed by atoms with Crippen molar-refractivity contribution >= 4 is 11.9 Å². The van der Waals surface area contributed by atoms with Crippen LogP contribution in [0.5, 0.6) is 0 Å². The van der Waals surface area contributed by atoms with Crippen molar-refractivity contribution in [3.63, 3.8) is 0 Å². The van der Waals surface area contributed by atoms with Crippen molar-refractivity contribution in [3.05, 3.63) is 0 Å². The van der Waals surface area contributed by atoms with E-state index < -0.39 is 6.04 Å². The molecule has 0 bridgehead atoms. The van der Waals surface area contributed by atoms with Crippen molar-refractivity contribution in [2.45, 2.75) is 51.2 Å². The number of ether oxygens (including phenoxy) is 1. The summed E-state index contributed by atoms with van der Waals surface area (Å²) >= 11 is 0. The van der Waals surface area contributed by atoms with E-state index in [1.807, 2.05) is 13.8 Å². The molecule has 19 heavy (non-hydrogen) atoms. The number of carbonyl (C=O) groups excluding carboxylic acids is 2. The molecule has 2 rings (SSSR count). The number of morpholine rings is 1. The van der Waals surface area contributed by atoms with E-state index in [9.17, 15) is 9.59 Å². The van der Waals surface area contributed by atoms with Gasteiger partial charge < -0.3 is 20.3 Å². The smallest absolute Gasteiger partial charge is 0.318 e. The third-order valence-electron chi connectivity index (χ3n) is 3.56. The van der Waals surface area contributed by atoms with E-state index >= 15 is 0 Å². The molecule has 1 saturated heterocycles. The fraction of sp³-hybridized carbons (Fsp3) is 0.846. The lowest BCUT2D eigenvalue weighted by molar-refractivity contribution is -0.130. The summed E-state index contributed by atoms with van der Waals surface area (Å²) in [5.41, 5.74) is 0. The first-order chi connectivity index (χ1) is 9.08. The zero-order chi connectivity index (χ0) is 13.8. The Labute approximate surface area is 113 Å². The van der Waals surface area contributed by atoms with Gasteiger partial charge in [-0.15, -0.1) is 0 Å². The number of nitrogens with zero attached hydrogens (tertiary/aromatic N) is 1. The highest BCUT2D eigenvalue weighted by Gasteiger charge is 2.34. The summed E-state index contributed by atoms with van der Waals surface area (Å²) in [4.78, 5) is 25.9. The molecule has 1 saturated carbocycles. The van der Waals surface area contributed by atoms with Crippen molar-refractivity contribution in [1.29, 1.82) is 0 Å². The average Bonchev–Trinajstić information content (AvgIpc) is 2.32. The Hall–Kier alpha value is -1.30. The Balaban J connectivity index is 1.94. The van der Waals surface area contributed by atoms with E-state index in [-0.39, 0.29) is 30.6 Å². The summed E-state index contributed by atoms with van der Waals surface area (Å²) in [5, 5.41) is 5.81. The molecule has 2 fully saturated rings. The fourth-order valence-corrected chi connectivity index (χ4v) is 2.25. The second-order valence-corrected chi connectivity index (χ2v) is 5.52. The molecule has 3 amide bonds. The number of hydrogen-bond acceptors (Lipinski definition) is 3. The van der Waals surface area contributed by atoms with Crippen LogP contribution >= 0.6 is 0 Å². The van der Waals surface area contributed by atoms with Gasteiger partial charge in [0.15, 0.2) is 0 Å². The Morgan fingerprint density at radius 3 is 2.63 bits per heavy atom. The highest BCUT2D eigenvalue weighted by atomic mass is 16.5. The predicted octanol–water partition coefficient (Wildman–Crippen LogP) is 0.474. The third kappa shape index (κ3) is 3.59. The van der Waals surface area contributed by atoms with E-state index in [1.165, 1.54) is 6.42 Å².